The van der Waals surface area contributed by atoms with Gasteiger partial charge < -0.3 is 5.32 Å². The molecule has 0 saturated heterocycles. The summed E-state index contributed by atoms with van der Waals surface area (Å²) in [5.74, 6) is 0. The molecule has 1 N–H and O–H groups in total. The number of allylic oxidation sites excluding steroid dienone is 1. The van der Waals surface area contributed by atoms with Crippen LogP contribution in [0.15, 0.2) is 30.6 Å². The van der Waals surface area contributed by atoms with Crippen LogP contribution < -0.4 is 5.32 Å². The summed E-state index contributed by atoms with van der Waals surface area (Å²) in [5, 5.41) is 5.95. The number of aromatic nitrogens is 1. The molecule has 0 atom stereocenters. The normalized spacial score (nSPS) is 11.6. The smallest absolute Gasteiger partial charge is 0.0426 e. The second-order valence-corrected chi connectivity index (χ2v) is 4.87. The molecule has 2 rings (SSSR count). The quantitative estimate of drug-likeness (QED) is 0.860. The predicted octanol–water partition coefficient (Wildman–Crippen LogP) is 4.40. The predicted molar refractivity (Wildman–Crippen MR) is 79.9 cm³/mol. The molecule has 0 saturated carbocycles. The molecule has 0 spiro atoms. The summed E-state index contributed by atoms with van der Waals surface area (Å²) in [6.45, 7) is 8.50. The maximum Gasteiger partial charge on any atom is 0.0426 e. The molecule has 2 aromatic rings. The number of benzene rings is 1. The van der Waals surface area contributed by atoms with Crippen molar-refractivity contribution in [2.75, 3.05) is 5.32 Å². The average molecular weight is 240 g/mol. The zero-order valence-electron chi connectivity index (χ0n) is 11.5. The third-order valence-electron chi connectivity index (χ3n) is 2.96. The number of nitrogens with one attached hydrogen (secondary N) is 1. The fraction of sp³-hybridized carbons (Fsp3) is 0.312. The van der Waals surface area contributed by atoms with Gasteiger partial charge in [0.2, 0.25) is 0 Å². The lowest BCUT2D eigenvalue weighted by Crippen LogP contribution is -2.10. The van der Waals surface area contributed by atoms with Gasteiger partial charge in [-0.05, 0) is 51.0 Å². The summed E-state index contributed by atoms with van der Waals surface area (Å²) in [6.07, 6.45) is 8.02. The lowest BCUT2D eigenvalue weighted by atomic mass is 9.99. The molecule has 0 aliphatic rings. The van der Waals surface area contributed by atoms with E-state index in [0.29, 0.717) is 6.04 Å². The van der Waals surface area contributed by atoms with Crippen molar-refractivity contribution in [3.05, 3.63) is 41.7 Å². The highest BCUT2D eigenvalue weighted by Gasteiger charge is 2.08. The highest BCUT2D eigenvalue weighted by Crippen LogP contribution is 2.30. The molecule has 0 aliphatic heterocycles. The standard InChI is InChI=1S/C16H20N2/c1-5-6-13-12(4)9-16(18-11(2)3)14-7-8-17-10-15(13)14/h5-11,18H,1-4H3/b6-5-. The van der Waals surface area contributed by atoms with Gasteiger partial charge in [0, 0.05) is 34.9 Å². The molecule has 1 aromatic heterocycles. The van der Waals surface area contributed by atoms with Crippen LogP contribution in [0.1, 0.15) is 31.9 Å². The molecule has 0 aliphatic carbocycles. The third kappa shape index (κ3) is 2.37. The fourth-order valence-electron chi connectivity index (χ4n) is 2.25. The first kappa shape index (κ1) is 12.6. The highest BCUT2D eigenvalue weighted by atomic mass is 14.9. The van der Waals surface area contributed by atoms with Gasteiger partial charge in [-0.15, -0.1) is 0 Å². The van der Waals surface area contributed by atoms with Crippen molar-refractivity contribution in [1.82, 2.24) is 4.98 Å². The van der Waals surface area contributed by atoms with Gasteiger partial charge >= 0.3 is 0 Å². The van der Waals surface area contributed by atoms with Crippen molar-refractivity contribution in [1.29, 1.82) is 0 Å². The average Bonchev–Trinajstić information content (AvgIpc) is 2.33. The summed E-state index contributed by atoms with van der Waals surface area (Å²) in [4.78, 5) is 4.26. The number of anilines is 1. The van der Waals surface area contributed by atoms with E-state index in [9.17, 15) is 0 Å². The van der Waals surface area contributed by atoms with E-state index >= 15 is 0 Å². The molecule has 2 nitrogen and oxygen atoms in total. The Morgan fingerprint density at radius 2 is 2.06 bits per heavy atom. The summed E-state index contributed by atoms with van der Waals surface area (Å²) < 4.78 is 0. The van der Waals surface area contributed by atoms with Crippen LogP contribution >= 0.6 is 0 Å². The second kappa shape index (κ2) is 5.21. The molecule has 94 valence electrons. The zero-order chi connectivity index (χ0) is 13.1. The Morgan fingerprint density at radius 3 is 2.72 bits per heavy atom. The first-order valence-corrected chi connectivity index (χ1v) is 6.40. The van der Waals surface area contributed by atoms with Crippen molar-refractivity contribution < 1.29 is 0 Å². The third-order valence-corrected chi connectivity index (χ3v) is 2.96. The molecule has 0 bridgehead atoms. The molecule has 0 amide bonds. The van der Waals surface area contributed by atoms with Gasteiger partial charge in [-0.3, -0.25) is 4.98 Å². The highest BCUT2D eigenvalue weighted by molar-refractivity contribution is 5.99. The van der Waals surface area contributed by atoms with E-state index in [1.54, 1.807) is 0 Å². The van der Waals surface area contributed by atoms with Crippen LogP contribution in [-0.2, 0) is 0 Å². The molecule has 1 heterocycles. The SMILES string of the molecule is C/C=C\c1c(C)cc(NC(C)C)c2ccncc12. The van der Waals surface area contributed by atoms with Crippen LogP contribution in [0.5, 0.6) is 0 Å². The molecule has 0 unspecified atom stereocenters. The number of hydrogen-bond acceptors (Lipinski definition) is 2. The lowest BCUT2D eigenvalue weighted by Gasteiger charge is -2.16. The number of fused-ring (bicyclic) bond motifs is 1. The van der Waals surface area contributed by atoms with Crippen LogP contribution in [0.3, 0.4) is 0 Å². The van der Waals surface area contributed by atoms with Crippen molar-refractivity contribution in [2.45, 2.75) is 33.7 Å². The minimum absolute atomic E-state index is 0.424. The Kier molecular flexibility index (Phi) is 3.66. The number of nitrogens with zero attached hydrogens (tertiary/aromatic N) is 1. The van der Waals surface area contributed by atoms with Crippen molar-refractivity contribution in [3.63, 3.8) is 0 Å². The number of rotatable bonds is 3. The van der Waals surface area contributed by atoms with Crippen LogP contribution in [0.25, 0.3) is 16.8 Å². The van der Waals surface area contributed by atoms with Gasteiger partial charge in [0.15, 0.2) is 0 Å². The van der Waals surface area contributed by atoms with Crippen LogP contribution in [0.2, 0.25) is 0 Å². The summed E-state index contributed by atoms with van der Waals surface area (Å²) in [6, 6.07) is 4.72. The lowest BCUT2D eigenvalue weighted by molar-refractivity contribution is 0.901. The van der Waals surface area contributed by atoms with Crippen molar-refractivity contribution >= 4 is 22.5 Å². The zero-order valence-corrected chi connectivity index (χ0v) is 11.5. The van der Waals surface area contributed by atoms with Gasteiger partial charge in [-0.1, -0.05) is 12.2 Å². The van der Waals surface area contributed by atoms with Crippen LogP contribution in [0.4, 0.5) is 5.69 Å². The molecular formula is C16H20N2. The van der Waals surface area contributed by atoms with Gasteiger partial charge in [0.1, 0.15) is 0 Å². The van der Waals surface area contributed by atoms with Crippen LogP contribution in [-0.4, -0.2) is 11.0 Å². The topological polar surface area (TPSA) is 24.9 Å². The van der Waals surface area contributed by atoms with Crippen LogP contribution in [0, 0.1) is 6.92 Å². The molecule has 2 heteroatoms. The molecular weight excluding hydrogens is 220 g/mol. The minimum atomic E-state index is 0.424. The Bertz CT molecular complexity index is 583. The fourth-order valence-corrected chi connectivity index (χ4v) is 2.25. The Hall–Kier alpha value is -1.83. The minimum Gasteiger partial charge on any atom is -0.382 e. The first-order chi connectivity index (χ1) is 8.63. The summed E-state index contributed by atoms with van der Waals surface area (Å²) >= 11 is 0. The largest absolute Gasteiger partial charge is 0.382 e. The first-order valence-electron chi connectivity index (χ1n) is 6.40. The van der Waals surface area contributed by atoms with Gasteiger partial charge in [0.25, 0.3) is 0 Å². The number of hydrogen-bond donors (Lipinski definition) is 1. The monoisotopic (exact) mass is 240 g/mol. The summed E-state index contributed by atoms with van der Waals surface area (Å²) in [7, 11) is 0. The maximum absolute atomic E-state index is 4.26. The van der Waals surface area contributed by atoms with Crippen molar-refractivity contribution in [2.24, 2.45) is 0 Å². The van der Waals surface area contributed by atoms with Gasteiger partial charge in [-0.2, -0.15) is 0 Å². The van der Waals surface area contributed by atoms with E-state index in [1.165, 1.54) is 27.6 Å². The molecule has 0 radical (unpaired) electrons. The summed E-state index contributed by atoms with van der Waals surface area (Å²) in [5.41, 5.74) is 3.72. The van der Waals surface area contributed by atoms with E-state index in [4.69, 9.17) is 0 Å². The number of pyridine rings is 1. The van der Waals surface area contributed by atoms with E-state index < -0.39 is 0 Å². The molecule has 1 aromatic carbocycles. The number of aryl methyl sites for hydroxylation is 1. The Balaban J connectivity index is 2.72. The van der Waals surface area contributed by atoms with Gasteiger partial charge in [-0.25, -0.2) is 0 Å². The van der Waals surface area contributed by atoms with Crippen molar-refractivity contribution in [3.8, 4) is 0 Å². The Morgan fingerprint density at radius 1 is 1.28 bits per heavy atom. The maximum atomic E-state index is 4.26. The molecule has 0 fully saturated rings. The van der Waals surface area contributed by atoms with Gasteiger partial charge in [0.05, 0.1) is 0 Å². The van der Waals surface area contributed by atoms with E-state index in [2.05, 4.69) is 55.4 Å². The van der Waals surface area contributed by atoms with E-state index in [-0.39, 0.29) is 0 Å². The van der Waals surface area contributed by atoms with E-state index in [1.807, 2.05) is 19.3 Å². The van der Waals surface area contributed by atoms with E-state index in [0.717, 1.165) is 0 Å². The second-order valence-electron chi connectivity index (χ2n) is 4.87. The molecule has 18 heavy (non-hydrogen) atoms. The Labute approximate surface area is 109 Å².